The molecule has 1 aromatic rings. The molecular weight excluding hydrogens is 216 g/mol. The zero-order chi connectivity index (χ0) is 12.7. The van der Waals surface area contributed by atoms with Crippen LogP contribution in [0.15, 0.2) is 18.3 Å². The van der Waals surface area contributed by atoms with E-state index in [9.17, 15) is 4.79 Å². The van der Waals surface area contributed by atoms with Crippen LogP contribution < -0.4 is 11.1 Å². The van der Waals surface area contributed by atoms with E-state index >= 15 is 0 Å². The number of amides is 1. The number of unbranched alkanes of at least 4 members (excludes halogenated alkanes) is 1. The molecule has 3 N–H and O–H groups in total. The van der Waals surface area contributed by atoms with E-state index in [0.29, 0.717) is 17.9 Å². The van der Waals surface area contributed by atoms with E-state index < -0.39 is 0 Å². The maximum atomic E-state index is 11.6. The second-order valence-corrected chi connectivity index (χ2v) is 4.24. The van der Waals surface area contributed by atoms with Gasteiger partial charge in [-0.15, -0.1) is 0 Å². The Bertz CT molecular complexity index is 348. The normalized spacial score (nSPS) is 10.5. The number of nitrogens with one attached hydrogen (secondary N) is 1. The number of hydrogen-bond acceptors (Lipinski definition) is 4. The zero-order valence-corrected chi connectivity index (χ0v) is 10.4. The summed E-state index contributed by atoms with van der Waals surface area (Å²) in [6, 6.07) is 3.30. The van der Waals surface area contributed by atoms with Gasteiger partial charge >= 0.3 is 0 Å². The molecule has 1 amide bonds. The Morgan fingerprint density at radius 2 is 2.18 bits per heavy atom. The van der Waals surface area contributed by atoms with Gasteiger partial charge in [0.2, 0.25) is 0 Å². The molecule has 0 aliphatic rings. The number of rotatable bonds is 6. The van der Waals surface area contributed by atoms with Crippen LogP contribution in [0, 0.1) is 0 Å². The van der Waals surface area contributed by atoms with Crippen molar-refractivity contribution in [2.45, 2.75) is 12.8 Å². The first-order valence-electron chi connectivity index (χ1n) is 5.74. The van der Waals surface area contributed by atoms with Crippen LogP contribution in [0.4, 0.5) is 5.69 Å². The molecular formula is C12H20N4O. The van der Waals surface area contributed by atoms with Gasteiger partial charge in [0.1, 0.15) is 5.69 Å². The summed E-state index contributed by atoms with van der Waals surface area (Å²) in [4.78, 5) is 17.7. The van der Waals surface area contributed by atoms with Crippen LogP contribution in [0.2, 0.25) is 0 Å². The molecule has 0 radical (unpaired) electrons. The summed E-state index contributed by atoms with van der Waals surface area (Å²) in [5, 5.41) is 2.83. The van der Waals surface area contributed by atoms with Crippen LogP contribution in [0.3, 0.4) is 0 Å². The Kier molecular flexibility index (Phi) is 5.42. The number of pyridine rings is 1. The highest BCUT2D eigenvalue weighted by Crippen LogP contribution is 2.00. The van der Waals surface area contributed by atoms with Gasteiger partial charge in [0.05, 0.1) is 11.9 Å². The standard InChI is InChI=1S/C12H20N4O/c1-16(2)8-4-3-7-14-12(17)11-6-5-10(13)9-15-11/h5-6,9H,3-4,7-8,13H2,1-2H3,(H,14,17). The van der Waals surface area contributed by atoms with Gasteiger partial charge < -0.3 is 16.0 Å². The smallest absolute Gasteiger partial charge is 0.269 e. The van der Waals surface area contributed by atoms with Gasteiger partial charge in [0.15, 0.2) is 0 Å². The zero-order valence-electron chi connectivity index (χ0n) is 10.4. The van der Waals surface area contributed by atoms with Crippen molar-refractivity contribution >= 4 is 11.6 Å². The minimum absolute atomic E-state index is 0.144. The minimum atomic E-state index is -0.144. The number of nitrogens with two attached hydrogens (primary N) is 1. The van der Waals surface area contributed by atoms with Crippen LogP contribution in [-0.2, 0) is 0 Å². The second kappa shape index (κ2) is 6.85. The first-order chi connectivity index (χ1) is 8.09. The fourth-order valence-electron chi connectivity index (χ4n) is 1.39. The average molecular weight is 236 g/mol. The Labute approximate surface area is 102 Å². The predicted octanol–water partition coefficient (Wildman–Crippen LogP) is 0.735. The van der Waals surface area contributed by atoms with Crippen molar-refractivity contribution in [1.29, 1.82) is 0 Å². The number of anilines is 1. The van der Waals surface area contributed by atoms with Crippen molar-refractivity contribution in [1.82, 2.24) is 15.2 Å². The molecule has 0 spiro atoms. The van der Waals surface area contributed by atoms with E-state index in [0.717, 1.165) is 19.4 Å². The highest BCUT2D eigenvalue weighted by molar-refractivity contribution is 5.92. The summed E-state index contributed by atoms with van der Waals surface area (Å²) in [6.07, 6.45) is 3.53. The lowest BCUT2D eigenvalue weighted by atomic mass is 10.3. The molecule has 0 saturated carbocycles. The largest absolute Gasteiger partial charge is 0.397 e. The molecule has 0 aliphatic heterocycles. The molecule has 0 aromatic carbocycles. The summed E-state index contributed by atoms with van der Waals surface area (Å²) < 4.78 is 0. The first-order valence-corrected chi connectivity index (χ1v) is 5.74. The summed E-state index contributed by atoms with van der Waals surface area (Å²) in [7, 11) is 4.08. The van der Waals surface area contributed by atoms with Crippen molar-refractivity contribution in [3.05, 3.63) is 24.0 Å². The van der Waals surface area contributed by atoms with E-state index in [1.807, 2.05) is 14.1 Å². The highest BCUT2D eigenvalue weighted by Gasteiger charge is 2.05. The lowest BCUT2D eigenvalue weighted by Crippen LogP contribution is -2.26. The summed E-state index contributed by atoms with van der Waals surface area (Å²) in [5.41, 5.74) is 6.47. The molecule has 1 aromatic heterocycles. The van der Waals surface area contributed by atoms with Gasteiger partial charge in [-0.3, -0.25) is 4.79 Å². The van der Waals surface area contributed by atoms with Crippen molar-refractivity contribution in [3.63, 3.8) is 0 Å². The molecule has 0 unspecified atom stereocenters. The molecule has 1 heterocycles. The van der Waals surface area contributed by atoms with Crippen LogP contribution in [-0.4, -0.2) is 43.0 Å². The van der Waals surface area contributed by atoms with Crippen LogP contribution in [0.1, 0.15) is 23.3 Å². The van der Waals surface area contributed by atoms with E-state index in [4.69, 9.17) is 5.73 Å². The van der Waals surface area contributed by atoms with E-state index in [1.165, 1.54) is 6.20 Å². The van der Waals surface area contributed by atoms with Crippen LogP contribution in [0.5, 0.6) is 0 Å². The van der Waals surface area contributed by atoms with Gasteiger partial charge in [-0.1, -0.05) is 0 Å². The third-order valence-corrected chi connectivity index (χ3v) is 2.34. The quantitative estimate of drug-likeness (QED) is 0.714. The third kappa shape index (κ3) is 5.31. The van der Waals surface area contributed by atoms with Gasteiger partial charge in [0.25, 0.3) is 5.91 Å². The molecule has 17 heavy (non-hydrogen) atoms. The Hall–Kier alpha value is -1.62. The molecule has 0 bridgehead atoms. The molecule has 5 nitrogen and oxygen atoms in total. The highest BCUT2D eigenvalue weighted by atomic mass is 16.1. The fourth-order valence-corrected chi connectivity index (χ4v) is 1.39. The Balaban J connectivity index is 2.23. The predicted molar refractivity (Wildman–Crippen MR) is 68.8 cm³/mol. The molecule has 94 valence electrons. The van der Waals surface area contributed by atoms with Crippen molar-refractivity contribution < 1.29 is 4.79 Å². The number of hydrogen-bond donors (Lipinski definition) is 2. The molecule has 5 heteroatoms. The Morgan fingerprint density at radius 1 is 1.41 bits per heavy atom. The minimum Gasteiger partial charge on any atom is -0.397 e. The van der Waals surface area contributed by atoms with Crippen molar-refractivity contribution in [2.75, 3.05) is 32.9 Å². The molecule has 0 atom stereocenters. The Morgan fingerprint density at radius 3 is 2.76 bits per heavy atom. The SMILES string of the molecule is CN(C)CCCCNC(=O)c1ccc(N)cn1. The number of nitrogen functional groups attached to an aromatic ring is 1. The summed E-state index contributed by atoms with van der Waals surface area (Å²) >= 11 is 0. The molecule has 0 aliphatic carbocycles. The van der Waals surface area contributed by atoms with Crippen LogP contribution in [0.25, 0.3) is 0 Å². The monoisotopic (exact) mass is 236 g/mol. The van der Waals surface area contributed by atoms with Gasteiger partial charge in [-0.05, 0) is 45.6 Å². The number of aromatic nitrogens is 1. The maximum absolute atomic E-state index is 11.6. The number of carbonyl (C=O) groups excluding carboxylic acids is 1. The van der Waals surface area contributed by atoms with Crippen molar-refractivity contribution in [3.8, 4) is 0 Å². The lowest BCUT2D eigenvalue weighted by Gasteiger charge is -2.09. The molecule has 0 saturated heterocycles. The summed E-state index contributed by atoms with van der Waals surface area (Å²) in [5.74, 6) is -0.144. The fraction of sp³-hybridized carbons (Fsp3) is 0.500. The van der Waals surface area contributed by atoms with E-state index in [1.54, 1.807) is 12.1 Å². The van der Waals surface area contributed by atoms with Gasteiger partial charge in [0, 0.05) is 6.54 Å². The topological polar surface area (TPSA) is 71.2 Å². The maximum Gasteiger partial charge on any atom is 0.269 e. The average Bonchev–Trinajstić information content (AvgIpc) is 2.29. The van der Waals surface area contributed by atoms with Crippen LogP contribution >= 0.6 is 0 Å². The molecule has 0 fully saturated rings. The summed E-state index contributed by atoms with van der Waals surface area (Å²) in [6.45, 7) is 1.72. The van der Waals surface area contributed by atoms with Gasteiger partial charge in [-0.25, -0.2) is 4.98 Å². The number of carbonyl (C=O) groups is 1. The third-order valence-electron chi connectivity index (χ3n) is 2.34. The van der Waals surface area contributed by atoms with E-state index in [2.05, 4.69) is 15.2 Å². The molecule has 1 rings (SSSR count). The lowest BCUT2D eigenvalue weighted by molar-refractivity contribution is 0.0948. The number of nitrogens with zero attached hydrogens (tertiary/aromatic N) is 2. The van der Waals surface area contributed by atoms with Crippen molar-refractivity contribution in [2.24, 2.45) is 0 Å². The second-order valence-electron chi connectivity index (χ2n) is 4.24. The van der Waals surface area contributed by atoms with E-state index in [-0.39, 0.29) is 5.91 Å². The van der Waals surface area contributed by atoms with Gasteiger partial charge in [-0.2, -0.15) is 0 Å². The first kappa shape index (κ1) is 13.4.